The molecule has 1 aromatic rings. The van der Waals surface area contributed by atoms with Crippen molar-refractivity contribution in [2.24, 2.45) is 0 Å². The largest absolute Gasteiger partial charge is 0.493 e. The second kappa shape index (κ2) is 4.33. The number of benzene rings is 1. The normalized spacial score (nSPS) is 25.0. The van der Waals surface area contributed by atoms with Crippen molar-refractivity contribution in [1.82, 2.24) is 0 Å². The van der Waals surface area contributed by atoms with Gasteiger partial charge in [0.25, 0.3) is 0 Å². The van der Waals surface area contributed by atoms with E-state index in [2.05, 4.69) is 0 Å². The fraction of sp³-hybridized carbons (Fsp3) is 0.538. The highest BCUT2D eigenvalue weighted by molar-refractivity contribution is 5.53. The van der Waals surface area contributed by atoms with Crippen LogP contribution in [0.5, 0.6) is 17.2 Å². The molecule has 0 radical (unpaired) electrons. The van der Waals surface area contributed by atoms with E-state index in [1.165, 1.54) is 14.2 Å². The van der Waals surface area contributed by atoms with Crippen molar-refractivity contribution in [2.75, 3.05) is 14.2 Å². The van der Waals surface area contributed by atoms with E-state index >= 15 is 0 Å². The maximum absolute atomic E-state index is 10.1. The van der Waals surface area contributed by atoms with Gasteiger partial charge in [-0.1, -0.05) is 0 Å². The Kier molecular flexibility index (Phi) is 3.12. The maximum Gasteiger partial charge on any atom is 0.164 e. The summed E-state index contributed by atoms with van der Waals surface area (Å²) in [4.78, 5) is 0. The third-order valence-corrected chi connectivity index (χ3v) is 3.22. The molecule has 2 N–H and O–H groups in total. The van der Waals surface area contributed by atoms with Gasteiger partial charge >= 0.3 is 0 Å². The summed E-state index contributed by atoms with van der Waals surface area (Å²) in [7, 11) is 3.05. The first-order valence-corrected chi connectivity index (χ1v) is 5.71. The van der Waals surface area contributed by atoms with Crippen LogP contribution in [0.1, 0.15) is 25.5 Å². The fourth-order valence-corrected chi connectivity index (χ4v) is 2.09. The molecule has 1 aliphatic heterocycles. The molecule has 18 heavy (non-hydrogen) atoms. The highest BCUT2D eigenvalue weighted by Gasteiger charge is 2.42. The highest BCUT2D eigenvalue weighted by Crippen LogP contribution is 2.44. The van der Waals surface area contributed by atoms with Gasteiger partial charge in [-0.2, -0.15) is 0 Å². The molecule has 0 fully saturated rings. The molecule has 0 saturated heterocycles. The monoisotopic (exact) mass is 254 g/mol. The van der Waals surface area contributed by atoms with Crippen molar-refractivity contribution in [2.45, 2.75) is 31.7 Å². The minimum atomic E-state index is -1.01. The minimum absolute atomic E-state index is 0.491. The summed E-state index contributed by atoms with van der Waals surface area (Å²) < 4.78 is 16.0. The fourth-order valence-electron chi connectivity index (χ4n) is 2.09. The molecule has 5 heteroatoms. The van der Waals surface area contributed by atoms with Crippen molar-refractivity contribution >= 4 is 0 Å². The zero-order valence-corrected chi connectivity index (χ0v) is 10.9. The quantitative estimate of drug-likeness (QED) is 0.832. The molecule has 0 unspecified atom stereocenters. The second-order valence-electron chi connectivity index (χ2n) is 4.84. The Balaban J connectivity index is 2.54. The van der Waals surface area contributed by atoms with Crippen molar-refractivity contribution in [3.05, 3.63) is 17.7 Å². The molecule has 0 saturated carbocycles. The Bertz CT molecular complexity index is 455. The van der Waals surface area contributed by atoms with Crippen LogP contribution in [-0.4, -0.2) is 36.1 Å². The van der Waals surface area contributed by atoms with E-state index in [-0.39, 0.29) is 0 Å². The van der Waals surface area contributed by atoms with Crippen LogP contribution in [0, 0.1) is 0 Å². The van der Waals surface area contributed by atoms with Crippen molar-refractivity contribution in [1.29, 1.82) is 0 Å². The molecule has 0 spiro atoms. The predicted octanol–water partition coefficient (Wildman–Crippen LogP) is 1.27. The van der Waals surface area contributed by atoms with Gasteiger partial charge in [-0.3, -0.25) is 0 Å². The first kappa shape index (κ1) is 13.0. The molecule has 0 bridgehead atoms. The van der Waals surface area contributed by atoms with E-state index in [0.29, 0.717) is 22.8 Å². The van der Waals surface area contributed by atoms with Gasteiger partial charge in [-0.25, -0.2) is 0 Å². The number of ether oxygens (including phenoxy) is 3. The van der Waals surface area contributed by atoms with Gasteiger partial charge in [0.1, 0.15) is 23.6 Å². The number of aliphatic hydroxyl groups is 2. The summed E-state index contributed by atoms with van der Waals surface area (Å²) >= 11 is 0. The van der Waals surface area contributed by atoms with Crippen molar-refractivity contribution in [3.8, 4) is 17.2 Å². The zero-order chi connectivity index (χ0) is 13.5. The van der Waals surface area contributed by atoms with E-state index in [0.717, 1.165) is 0 Å². The molecule has 1 aliphatic rings. The number of rotatable bonds is 2. The lowest BCUT2D eigenvalue weighted by Crippen LogP contribution is -2.48. The van der Waals surface area contributed by atoms with Crippen molar-refractivity contribution in [3.63, 3.8) is 0 Å². The Labute approximate surface area is 106 Å². The molecular weight excluding hydrogens is 236 g/mol. The minimum Gasteiger partial charge on any atom is -0.493 e. The Morgan fingerprint density at radius 1 is 1.11 bits per heavy atom. The third-order valence-electron chi connectivity index (χ3n) is 3.22. The maximum atomic E-state index is 10.1. The third kappa shape index (κ3) is 1.89. The lowest BCUT2D eigenvalue weighted by Gasteiger charge is -2.40. The molecule has 0 aromatic heterocycles. The summed E-state index contributed by atoms with van der Waals surface area (Å²) in [6, 6.07) is 3.28. The van der Waals surface area contributed by atoms with E-state index in [4.69, 9.17) is 14.2 Å². The molecule has 2 rings (SSSR count). The summed E-state index contributed by atoms with van der Waals surface area (Å²) in [5.41, 5.74) is -0.356. The Morgan fingerprint density at radius 2 is 1.67 bits per heavy atom. The number of aliphatic hydroxyl groups excluding tert-OH is 2. The van der Waals surface area contributed by atoms with Crippen LogP contribution < -0.4 is 14.2 Å². The smallest absolute Gasteiger partial charge is 0.164 e. The standard InChI is InChI=1S/C13H18O5/c1-13(2)12(15)11(14)7-5-9(16-3)10(17-4)6-8(7)18-13/h5-6,11-12,14-15H,1-4H3/t11-,12-/m1/s1. The zero-order valence-electron chi connectivity index (χ0n) is 10.9. The van der Waals surface area contributed by atoms with Gasteiger partial charge in [0.15, 0.2) is 11.5 Å². The molecular formula is C13H18O5. The molecule has 100 valence electrons. The van der Waals surface area contributed by atoms with Crippen LogP contribution in [0.2, 0.25) is 0 Å². The first-order chi connectivity index (χ1) is 8.40. The van der Waals surface area contributed by atoms with Crippen molar-refractivity contribution < 1.29 is 24.4 Å². The predicted molar refractivity (Wildman–Crippen MR) is 65.2 cm³/mol. The summed E-state index contributed by atoms with van der Waals surface area (Å²) in [6.07, 6.45) is -2.01. The van der Waals surface area contributed by atoms with Crippen LogP contribution in [0.3, 0.4) is 0 Å². The molecule has 0 aliphatic carbocycles. The van der Waals surface area contributed by atoms with Crippen LogP contribution in [0.25, 0.3) is 0 Å². The highest BCUT2D eigenvalue weighted by atomic mass is 16.5. The SMILES string of the molecule is COc1cc2c(cc1OC)[C@@H](O)[C@@H](O)C(C)(C)O2. The summed E-state index contributed by atoms with van der Waals surface area (Å²) in [6.45, 7) is 3.45. The number of hydrogen-bond donors (Lipinski definition) is 2. The van der Waals surface area contributed by atoms with Gasteiger partial charge in [-0.05, 0) is 19.9 Å². The summed E-state index contributed by atoms with van der Waals surface area (Å²) in [5.74, 6) is 1.51. The number of fused-ring (bicyclic) bond motifs is 1. The first-order valence-electron chi connectivity index (χ1n) is 5.71. The van der Waals surface area contributed by atoms with E-state index in [9.17, 15) is 10.2 Å². The van der Waals surface area contributed by atoms with E-state index < -0.39 is 17.8 Å². The van der Waals surface area contributed by atoms with Crippen LogP contribution >= 0.6 is 0 Å². The van der Waals surface area contributed by atoms with Crippen LogP contribution in [-0.2, 0) is 0 Å². The van der Waals surface area contributed by atoms with Gasteiger partial charge in [0, 0.05) is 11.6 Å². The summed E-state index contributed by atoms with van der Waals surface area (Å²) in [5, 5.41) is 20.1. The topological polar surface area (TPSA) is 68.2 Å². The number of methoxy groups -OCH3 is 2. The average molecular weight is 254 g/mol. The van der Waals surface area contributed by atoms with Crippen LogP contribution in [0.15, 0.2) is 12.1 Å². The van der Waals surface area contributed by atoms with Gasteiger partial charge in [0.05, 0.1) is 14.2 Å². The van der Waals surface area contributed by atoms with Crippen LogP contribution in [0.4, 0.5) is 0 Å². The number of hydrogen-bond acceptors (Lipinski definition) is 5. The lowest BCUT2D eigenvalue weighted by molar-refractivity contribution is -0.111. The average Bonchev–Trinajstić information content (AvgIpc) is 2.34. The van der Waals surface area contributed by atoms with E-state index in [1.54, 1.807) is 26.0 Å². The van der Waals surface area contributed by atoms with Gasteiger partial charge in [0.2, 0.25) is 0 Å². The lowest BCUT2D eigenvalue weighted by atomic mass is 9.88. The van der Waals surface area contributed by atoms with Gasteiger partial charge < -0.3 is 24.4 Å². The molecule has 0 amide bonds. The molecule has 2 atom stereocenters. The second-order valence-corrected chi connectivity index (χ2v) is 4.84. The molecule has 1 heterocycles. The molecule has 1 aromatic carbocycles. The Hall–Kier alpha value is -1.46. The molecule has 5 nitrogen and oxygen atoms in total. The van der Waals surface area contributed by atoms with Gasteiger partial charge in [-0.15, -0.1) is 0 Å². The van der Waals surface area contributed by atoms with E-state index in [1.807, 2.05) is 0 Å². The Morgan fingerprint density at radius 3 is 2.22 bits per heavy atom.